The summed E-state index contributed by atoms with van der Waals surface area (Å²) in [5.74, 6) is 1.69. The van der Waals surface area contributed by atoms with Crippen molar-refractivity contribution in [3.05, 3.63) is 53.7 Å². The molecule has 0 N–H and O–H groups in total. The Morgan fingerprint density at radius 2 is 1.64 bits per heavy atom. The lowest BCUT2D eigenvalue weighted by Crippen LogP contribution is -1.93. The minimum atomic E-state index is 0.807. The Hall–Kier alpha value is -2.55. The van der Waals surface area contributed by atoms with Gasteiger partial charge in [-0.15, -0.1) is 0 Å². The van der Waals surface area contributed by atoms with Gasteiger partial charge in [0.25, 0.3) is 0 Å². The summed E-state index contributed by atoms with van der Waals surface area (Å²) in [5.41, 5.74) is 5.29. The third kappa shape index (κ3) is 2.39. The van der Waals surface area contributed by atoms with Crippen LogP contribution in [0.25, 0.3) is 22.0 Å². The number of hydrogen-bond donors (Lipinski definition) is 0. The number of aromatic nitrogens is 1. The Morgan fingerprint density at radius 3 is 2.36 bits per heavy atom. The van der Waals surface area contributed by atoms with Gasteiger partial charge in [0, 0.05) is 10.9 Å². The molecule has 22 heavy (non-hydrogen) atoms. The summed E-state index contributed by atoms with van der Waals surface area (Å²) in [6.07, 6.45) is 0. The smallest absolute Gasteiger partial charge is 0.140 e. The Kier molecular flexibility index (Phi) is 3.72. The maximum absolute atomic E-state index is 5.52. The van der Waals surface area contributed by atoms with Crippen LogP contribution in [0.5, 0.6) is 11.5 Å². The van der Waals surface area contributed by atoms with Crippen molar-refractivity contribution in [2.75, 3.05) is 14.2 Å². The van der Waals surface area contributed by atoms with E-state index in [0.29, 0.717) is 0 Å². The Balaban J connectivity index is 2.23. The Morgan fingerprint density at radius 1 is 0.864 bits per heavy atom. The minimum absolute atomic E-state index is 0.807. The molecule has 0 bridgehead atoms. The quantitative estimate of drug-likeness (QED) is 0.710. The topological polar surface area (TPSA) is 31.4 Å². The molecule has 0 spiro atoms. The summed E-state index contributed by atoms with van der Waals surface area (Å²) in [4.78, 5) is 4.59. The first-order chi connectivity index (χ1) is 10.6. The van der Waals surface area contributed by atoms with Crippen molar-refractivity contribution < 1.29 is 9.47 Å². The van der Waals surface area contributed by atoms with Crippen LogP contribution in [-0.4, -0.2) is 19.2 Å². The lowest BCUT2D eigenvalue weighted by Gasteiger charge is -2.13. The average Bonchev–Trinajstić information content (AvgIpc) is 2.53. The van der Waals surface area contributed by atoms with Gasteiger partial charge in [0.05, 0.1) is 25.4 Å². The number of aryl methyl sites for hydroxylation is 2. The number of fused-ring (bicyclic) bond motifs is 1. The fourth-order valence-corrected chi connectivity index (χ4v) is 2.80. The molecule has 3 rings (SSSR count). The van der Waals surface area contributed by atoms with Gasteiger partial charge in [-0.2, -0.15) is 0 Å². The van der Waals surface area contributed by atoms with Crippen LogP contribution in [0, 0.1) is 13.8 Å². The zero-order valence-electron chi connectivity index (χ0n) is 13.3. The van der Waals surface area contributed by atoms with Gasteiger partial charge in [0.2, 0.25) is 0 Å². The van der Waals surface area contributed by atoms with Gasteiger partial charge in [0.15, 0.2) is 0 Å². The second kappa shape index (κ2) is 5.68. The maximum Gasteiger partial charge on any atom is 0.140 e. The number of hydrogen-bond acceptors (Lipinski definition) is 3. The second-order valence-electron chi connectivity index (χ2n) is 5.34. The molecule has 0 aliphatic heterocycles. The second-order valence-corrected chi connectivity index (χ2v) is 5.34. The van der Waals surface area contributed by atoms with Crippen LogP contribution < -0.4 is 9.47 Å². The Labute approximate surface area is 130 Å². The van der Waals surface area contributed by atoms with Gasteiger partial charge in [-0.3, -0.25) is 0 Å². The van der Waals surface area contributed by atoms with E-state index in [1.165, 1.54) is 5.56 Å². The summed E-state index contributed by atoms with van der Waals surface area (Å²) in [7, 11) is 3.37. The molecule has 0 radical (unpaired) electrons. The Bertz CT molecular complexity index is 840. The van der Waals surface area contributed by atoms with E-state index in [-0.39, 0.29) is 0 Å². The van der Waals surface area contributed by atoms with Crippen molar-refractivity contribution in [2.45, 2.75) is 13.8 Å². The summed E-state index contributed by atoms with van der Waals surface area (Å²) in [6.45, 7) is 4.05. The lowest BCUT2D eigenvalue weighted by molar-refractivity contribution is 0.410. The van der Waals surface area contributed by atoms with Gasteiger partial charge in [-0.05, 0) is 49.2 Å². The molecule has 0 atom stereocenters. The SMILES string of the molecule is COc1cc2cc(-c3c(C)cccc3OC)ccc2nc1C. The molecular formula is C19H19NO2. The van der Waals surface area contributed by atoms with Crippen LogP contribution in [0.4, 0.5) is 0 Å². The predicted molar refractivity (Wildman–Crippen MR) is 89.8 cm³/mol. The summed E-state index contributed by atoms with van der Waals surface area (Å²) >= 11 is 0. The normalized spacial score (nSPS) is 10.7. The number of methoxy groups -OCH3 is 2. The molecule has 0 amide bonds. The molecule has 0 unspecified atom stereocenters. The van der Waals surface area contributed by atoms with E-state index in [9.17, 15) is 0 Å². The minimum Gasteiger partial charge on any atom is -0.496 e. The molecule has 1 heterocycles. The molecule has 1 aromatic heterocycles. The fraction of sp³-hybridized carbons (Fsp3) is 0.211. The van der Waals surface area contributed by atoms with Crippen molar-refractivity contribution >= 4 is 10.9 Å². The van der Waals surface area contributed by atoms with Crippen molar-refractivity contribution in [1.29, 1.82) is 0 Å². The van der Waals surface area contributed by atoms with E-state index < -0.39 is 0 Å². The van der Waals surface area contributed by atoms with E-state index >= 15 is 0 Å². The van der Waals surface area contributed by atoms with Crippen LogP contribution in [-0.2, 0) is 0 Å². The standard InChI is InChI=1S/C19H19NO2/c1-12-6-5-7-17(21-3)19(12)14-8-9-16-15(10-14)11-18(22-4)13(2)20-16/h5-11H,1-4H3. The van der Waals surface area contributed by atoms with Crippen LogP contribution in [0.1, 0.15) is 11.3 Å². The highest BCUT2D eigenvalue weighted by molar-refractivity contribution is 5.87. The maximum atomic E-state index is 5.52. The predicted octanol–water partition coefficient (Wildman–Crippen LogP) is 4.54. The molecule has 0 saturated carbocycles. The summed E-state index contributed by atoms with van der Waals surface area (Å²) < 4.78 is 10.9. The molecule has 3 aromatic rings. The largest absolute Gasteiger partial charge is 0.496 e. The summed E-state index contributed by atoms with van der Waals surface area (Å²) in [5, 5.41) is 1.06. The van der Waals surface area contributed by atoms with Crippen molar-refractivity contribution in [3.8, 4) is 22.6 Å². The lowest BCUT2D eigenvalue weighted by atomic mass is 9.98. The molecule has 3 nitrogen and oxygen atoms in total. The number of pyridine rings is 1. The van der Waals surface area contributed by atoms with Crippen molar-refractivity contribution in [3.63, 3.8) is 0 Å². The highest BCUT2D eigenvalue weighted by Gasteiger charge is 2.11. The molecule has 0 saturated heterocycles. The zero-order chi connectivity index (χ0) is 15.7. The molecule has 112 valence electrons. The van der Waals surface area contributed by atoms with E-state index in [2.05, 4.69) is 30.1 Å². The van der Waals surface area contributed by atoms with Crippen molar-refractivity contribution in [2.24, 2.45) is 0 Å². The van der Waals surface area contributed by atoms with E-state index in [0.717, 1.165) is 39.2 Å². The number of ether oxygens (including phenoxy) is 2. The van der Waals surface area contributed by atoms with E-state index in [1.807, 2.05) is 31.2 Å². The number of rotatable bonds is 3. The highest BCUT2D eigenvalue weighted by atomic mass is 16.5. The van der Waals surface area contributed by atoms with Gasteiger partial charge in [0.1, 0.15) is 11.5 Å². The van der Waals surface area contributed by atoms with Crippen LogP contribution >= 0.6 is 0 Å². The van der Waals surface area contributed by atoms with Gasteiger partial charge in [-0.25, -0.2) is 4.98 Å². The van der Waals surface area contributed by atoms with Gasteiger partial charge < -0.3 is 9.47 Å². The number of nitrogens with zero attached hydrogens (tertiary/aromatic N) is 1. The van der Waals surface area contributed by atoms with Gasteiger partial charge >= 0.3 is 0 Å². The first-order valence-corrected chi connectivity index (χ1v) is 7.23. The number of benzene rings is 2. The van der Waals surface area contributed by atoms with Crippen LogP contribution in [0.3, 0.4) is 0 Å². The molecular weight excluding hydrogens is 274 g/mol. The fourth-order valence-electron chi connectivity index (χ4n) is 2.80. The molecule has 2 aromatic carbocycles. The first-order valence-electron chi connectivity index (χ1n) is 7.23. The van der Waals surface area contributed by atoms with Gasteiger partial charge in [-0.1, -0.05) is 18.2 Å². The molecule has 0 aliphatic carbocycles. The summed E-state index contributed by atoms with van der Waals surface area (Å²) in [6, 6.07) is 14.4. The van der Waals surface area contributed by atoms with Crippen molar-refractivity contribution in [1.82, 2.24) is 4.98 Å². The van der Waals surface area contributed by atoms with E-state index in [4.69, 9.17) is 9.47 Å². The van der Waals surface area contributed by atoms with E-state index in [1.54, 1.807) is 14.2 Å². The molecule has 3 heteroatoms. The zero-order valence-corrected chi connectivity index (χ0v) is 13.3. The third-order valence-corrected chi connectivity index (χ3v) is 3.92. The molecule has 0 aliphatic rings. The average molecular weight is 293 g/mol. The van der Waals surface area contributed by atoms with Crippen LogP contribution in [0.2, 0.25) is 0 Å². The van der Waals surface area contributed by atoms with Crippen LogP contribution in [0.15, 0.2) is 42.5 Å². The third-order valence-electron chi connectivity index (χ3n) is 3.92. The molecule has 0 fully saturated rings. The highest BCUT2D eigenvalue weighted by Crippen LogP contribution is 2.35. The monoisotopic (exact) mass is 293 g/mol. The first kappa shape index (κ1) is 14.4.